The molecule has 1 rings (SSSR count). The molecule has 14 heavy (non-hydrogen) atoms. The van der Waals surface area contributed by atoms with E-state index in [0.717, 1.165) is 12.5 Å². The Hall–Kier alpha value is -0.0800. The summed E-state index contributed by atoms with van der Waals surface area (Å²) < 4.78 is 0. The van der Waals surface area contributed by atoms with Crippen molar-refractivity contribution in [1.29, 1.82) is 0 Å². The summed E-state index contributed by atoms with van der Waals surface area (Å²) in [6.07, 6.45) is 4.17. The molecule has 2 nitrogen and oxygen atoms in total. The van der Waals surface area contributed by atoms with Crippen LogP contribution in [0.2, 0.25) is 0 Å². The van der Waals surface area contributed by atoms with Crippen molar-refractivity contribution in [2.75, 3.05) is 26.2 Å². The first-order chi connectivity index (χ1) is 6.74. The fourth-order valence-electron chi connectivity index (χ4n) is 1.77. The highest BCUT2D eigenvalue weighted by Crippen LogP contribution is 2.27. The van der Waals surface area contributed by atoms with Crippen molar-refractivity contribution in [2.24, 2.45) is 5.92 Å². The van der Waals surface area contributed by atoms with Crippen LogP contribution in [0.3, 0.4) is 0 Å². The standard InChI is InChI=1S/C12H26N2/c1-4-8-14(11(2)3)9-7-13-10-12-5-6-12/h11-13H,4-10H2,1-3H3. The molecule has 2 heteroatoms. The SMILES string of the molecule is CCCN(CCNCC1CC1)C(C)C. The zero-order chi connectivity index (χ0) is 10.4. The second-order valence-electron chi connectivity index (χ2n) is 4.78. The van der Waals surface area contributed by atoms with Gasteiger partial charge in [0, 0.05) is 19.1 Å². The topological polar surface area (TPSA) is 15.3 Å². The molecule has 84 valence electrons. The first kappa shape index (κ1) is 12.0. The van der Waals surface area contributed by atoms with Gasteiger partial charge < -0.3 is 5.32 Å². The van der Waals surface area contributed by atoms with Crippen molar-refractivity contribution in [1.82, 2.24) is 10.2 Å². The van der Waals surface area contributed by atoms with E-state index in [4.69, 9.17) is 0 Å². The monoisotopic (exact) mass is 198 g/mol. The maximum Gasteiger partial charge on any atom is 0.0110 e. The lowest BCUT2D eigenvalue weighted by Gasteiger charge is -2.25. The van der Waals surface area contributed by atoms with Crippen molar-refractivity contribution >= 4 is 0 Å². The quantitative estimate of drug-likeness (QED) is 0.601. The van der Waals surface area contributed by atoms with Crippen LogP contribution in [0.1, 0.15) is 40.0 Å². The lowest BCUT2D eigenvalue weighted by Crippen LogP contribution is -2.37. The molecule has 0 saturated heterocycles. The van der Waals surface area contributed by atoms with Crippen molar-refractivity contribution in [3.8, 4) is 0 Å². The third-order valence-electron chi connectivity index (χ3n) is 2.95. The zero-order valence-electron chi connectivity index (χ0n) is 10.1. The van der Waals surface area contributed by atoms with Crippen molar-refractivity contribution < 1.29 is 0 Å². The van der Waals surface area contributed by atoms with Gasteiger partial charge in [-0.2, -0.15) is 0 Å². The molecule has 1 N–H and O–H groups in total. The molecule has 0 aromatic rings. The summed E-state index contributed by atoms with van der Waals surface area (Å²) in [6.45, 7) is 11.7. The van der Waals surface area contributed by atoms with Crippen LogP contribution >= 0.6 is 0 Å². The molecule has 0 unspecified atom stereocenters. The minimum Gasteiger partial charge on any atom is -0.315 e. The molecule has 0 radical (unpaired) electrons. The Morgan fingerprint density at radius 2 is 2.00 bits per heavy atom. The number of hydrogen-bond donors (Lipinski definition) is 1. The summed E-state index contributed by atoms with van der Waals surface area (Å²) in [6, 6.07) is 0.692. The van der Waals surface area contributed by atoms with Gasteiger partial charge in [0.05, 0.1) is 0 Å². The minimum atomic E-state index is 0.692. The van der Waals surface area contributed by atoms with E-state index in [9.17, 15) is 0 Å². The van der Waals surface area contributed by atoms with Crippen LogP contribution in [0.25, 0.3) is 0 Å². The summed E-state index contributed by atoms with van der Waals surface area (Å²) in [5, 5.41) is 3.55. The smallest absolute Gasteiger partial charge is 0.0110 e. The summed E-state index contributed by atoms with van der Waals surface area (Å²) in [5.41, 5.74) is 0. The van der Waals surface area contributed by atoms with E-state index in [2.05, 4.69) is 31.0 Å². The molecule has 0 spiro atoms. The number of nitrogens with one attached hydrogen (secondary N) is 1. The molecular weight excluding hydrogens is 172 g/mol. The summed E-state index contributed by atoms with van der Waals surface area (Å²) in [5.74, 6) is 1.01. The first-order valence-electron chi connectivity index (χ1n) is 6.18. The summed E-state index contributed by atoms with van der Waals surface area (Å²) >= 11 is 0. The third kappa shape index (κ3) is 4.97. The first-order valence-corrected chi connectivity index (χ1v) is 6.18. The van der Waals surface area contributed by atoms with Crippen LogP contribution in [0.5, 0.6) is 0 Å². The number of rotatable bonds is 8. The van der Waals surface area contributed by atoms with E-state index in [-0.39, 0.29) is 0 Å². The van der Waals surface area contributed by atoms with Gasteiger partial charge in [0.15, 0.2) is 0 Å². The lowest BCUT2D eigenvalue weighted by atomic mass is 10.3. The second-order valence-corrected chi connectivity index (χ2v) is 4.78. The average Bonchev–Trinajstić information content (AvgIpc) is 2.93. The van der Waals surface area contributed by atoms with Crippen LogP contribution in [0, 0.1) is 5.92 Å². The predicted octanol–water partition coefficient (Wildman–Crippen LogP) is 2.11. The van der Waals surface area contributed by atoms with Gasteiger partial charge in [-0.15, -0.1) is 0 Å². The van der Waals surface area contributed by atoms with E-state index in [1.165, 1.54) is 38.9 Å². The van der Waals surface area contributed by atoms with E-state index >= 15 is 0 Å². The van der Waals surface area contributed by atoms with Crippen molar-refractivity contribution in [3.05, 3.63) is 0 Å². The van der Waals surface area contributed by atoms with Crippen LogP contribution < -0.4 is 5.32 Å². The Kier molecular flexibility index (Phi) is 5.49. The highest BCUT2D eigenvalue weighted by Gasteiger charge is 2.20. The number of hydrogen-bond acceptors (Lipinski definition) is 2. The molecular formula is C12H26N2. The molecule has 0 aromatic heterocycles. The maximum atomic E-state index is 3.55. The average molecular weight is 198 g/mol. The Morgan fingerprint density at radius 1 is 1.29 bits per heavy atom. The van der Waals surface area contributed by atoms with Crippen LogP contribution in [0.15, 0.2) is 0 Å². The van der Waals surface area contributed by atoms with E-state index in [1.807, 2.05) is 0 Å². The van der Waals surface area contributed by atoms with Gasteiger partial charge >= 0.3 is 0 Å². The predicted molar refractivity (Wildman–Crippen MR) is 62.6 cm³/mol. The Balaban J connectivity index is 1.99. The Morgan fingerprint density at radius 3 is 2.50 bits per heavy atom. The van der Waals surface area contributed by atoms with Crippen molar-refractivity contribution in [3.63, 3.8) is 0 Å². The Labute approximate surface area is 89.1 Å². The van der Waals surface area contributed by atoms with Crippen LogP contribution in [-0.2, 0) is 0 Å². The normalized spacial score (nSPS) is 16.9. The molecule has 0 aromatic carbocycles. The molecule has 1 aliphatic rings. The van der Waals surface area contributed by atoms with Crippen LogP contribution in [-0.4, -0.2) is 37.1 Å². The van der Waals surface area contributed by atoms with E-state index in [1.54, 1.807) is 0 Å². The highest BCUT2D eigenvalue weighted by molar-refractivity contribution is 4.75. The molecule has 1 aliphatic carbocycles. The summed E-state index contributed by atoms with van der Waals surface area (Å²) in [4.78, 5) is 2.56. The van der Waals surface area contributed by atoms with Gasteiger partial charge in [-0.05, 0) is 52.1 Å². The van der Waals surface area contributed by atoms with Gasteiger partial charge in [-0.3, -0.25) is 4.90 Å². The largest absolute Gasteiger partial charge is 0.315 e. The second kappa shape index (κ2) is 6.41. The van der Waals surface area contributed by atoms with Crippen LogP contribution in [0.4, 0.5) is 0 Å². The molecule has 0 bridgehead atoms. The van der Waals surface area contributed by atoms with Gasteiger partial charge in [-0.1, -0.05) is 6.92 Å². The fourth-order valence-corrected chi connectivity index (χ4v) is 1.77. The molecule has 0 heterocycles. The minimum absolute atomic E-state index is 0.692. The highest BCUT2D eigenvalue weighted by atomic mass is 15.2. The van der Waals surface area contributed by atoms with Gasteiger partial charge in [-0.25, -0.2) is 0 Å². The molecule has 1 fully saturated rings. The van der Waals surface area contributed by atoms with Gasteiger partial charge in [0.25, 0.3) is 0 Å². The maximum absolute atomic E-state index is 3.55. The molecule has 0 amide bonds. The third-order valence-corrected chi connectivity index (χ3v) is 2.95. The molecule has 1 saturated carbocycles. The number of nitrogens with zero attached hydrogens (tertiary/aromatic N) is 1. The Bertz CT molecular complexity index is 141. The fraction of sp³-hybridized carbons (Fsp3) is 1.00. The van der Waals surface area contributed by atoms with E-state index in [0.29, 0.717) is 6.04 Å². The lowest BCUT2D eigenvalue weighted by molar-refractivity contribution is 0.222. The summed E-state index contributed by atoms with van der Waals surface area (Å²) in [7, 11) is 0. The van der Waals surface area contributed by atoms with Crippen molar-refractivity contribution in [2.45, 2.75) is 46.1 Å². The molecule has 0 atom stereocenters. The van der Waals surface area contributed by atoms with Gasteiger partial charge in [0.2, 0.25) is 0 Å². The van der Waals surface area contributed by atoms with Gasteiger partial charge in [0.1, 0.15) is 0 Å². The van der Waals surface area contributed by atoms with E-state index < -0.39 is 0 Å². The molecule has 0 aliphatic heterocycles. The zero-order valence-corrected chi connectivity index (χ0v) is 10.1.